The van der Waals surface area contributed by atoms with E-state index < -0.39 is 10.0 Å². The number of benzene rings is 1. The van der Waals surface area contributed by atoms with Gasteiger partial charge in [0.1, 0.15) is 0 Å². The van der Waals surface area contributed by atoms with E-state index in [9.17, 15) is 13.2 Å². The Balaban J connectivity index is 1.98. The molecule has 0 bridgehead atoms. The quantitative estimate of drug-likeness (QED) is 0.592. The smallest absolute Gasteiger partial charge is 0.240 e. The zero-order valence-corrected chi connectivity index (χ0v) is 12.6. The molecule has 0 saturated heterocycles. The lowest BCUT2D eigenvalue weighted by atomic mass is 10.1. The zero-order valence-electron chi connectivity index (χ0n) is 11.8. The molecule has 0 heterocycles. The number of carbonyl (C=O) groups is 1. The first kappa shape index (κ1) is 15.2. The highest BCUT2D eigenvalue weighted by Crippen LogP contribution is 2.33. The molecule has 1 fully saturated rings. The highest BCUT2D eigenvalue weighted by atomic mass is 32.2. The zero-order chi connectivity index (χ0) is 14.6. The van der Waals surface area contributed by atoms with Gasteiger partial charge in [0.2, 0.25) is 10.0 Å². The summed E-state index contributed by atoms with van der Waals surface area (Å²) in [5.41, 5.74) is 0.452. The molecule has 1 aliphatic rings. The number of hydrogen-bond acceptors (Lipinski definition) is 3. The van der Waals surface area contributed by atoms with Crippen molar-refractivity contribution in [3.63, 3.8) is 0 Å². The van der Waals surface area contributed by atoms with Crippen molar-refractivity contribution in [2.75, 3.05) is 6.54 Å². The van der Waals surface area contributed by atoms with Crippen LogP contribution in [-0.4, -0.2) is 20.7 Å². The summed E-state index contributed by atoms with van der Waals surface area (Å²) in [5, 5.41) is 0. The molecular formula is C15H21NO3S. The van der Waals surface area contributed by atoms with E-state index in [1.807, 2.05) is 0 Å². The third kappa shape index (κ3) is 4.15. The molecule has 1 saturated carbocycles. The van der Waals surface area contributed by atoms with Crippen LogP contribution in [0.25, 0.3) is 0 Å². The molecule has 0 amide bonds. The summed E-state index contributed by atoms with van der Waals surface area (Å²) in [6.45, 7) is 2.23. The minimum atomic E-state index is -3.50. The van der Waals surface area contributed by atoms with Crippen LogP contribution in [0.2, 0.25) is 0 Å². The second kappa shape index (κ2) is 6.50. The van der Waals surface area contributed by atoms with Crippen LogP contribution in [-0.2, 0) is 10.0 Å². The molecule has 1 aliphatic carbocycles. The average Bonchev–Trinajstić information content (AvgIpc) is 3.27. The molecule has 4 nitrogen and oxygen atoms in total. The van der Waals surface area contributed by atoms with E-state index in [1.165, 1.54) is 25.0 Å². The van der Waals surface area contributed by atoms with Gasteiger partial charge in [-0.1, -0.05) is 31.9 Å². The number of nitrogens with one attached hydrogen (secondary N) is 1. The molecule has 0 atom stereocenters. The van der Waals surface area contributed by atoms with E-state index in [0.717, 1.165) is 18.8 Å². The van der Waals surface area contributed by atoms with Crippen molar-refractivity contribution in [3.8, 4) is 0 Å². The van der Waals surface area contributed by atoms with E-state index in [2.05, 4.69) is 4.72 Å². The van der Waals surface area contributed by atoms with E-state index in [4.69, 9.17) is 0 Å². The second-order valence-corrected chi connectivity index (χ2v) is 7.05. The molecule has 0 unspecified atom stereocenters. The molecule has 110 valence electrons. The molecule has 0 radical (unpaired) electrons. The number of carbonyl (C=O) groups excluding carboxylic acids is 1. The van der Waals surface area contributed by atoms with Crippen LogP contribution in [0.1, 0.15) is 49.4 Å². The van der Waals surface area contributed by atoms with Crippen LogP contribution in [0.5, 0.6) is 0 Å². The molecule has 2 rings (SSSR count). The largest absolute Gasteiger partial charge is 0.294 e. The monoisotopic (exact) mass is 295 g/mol. The number of hydrogen-bond donors (Lipinski definition) is 1. The molecule has 0 spiro atoms. The molecule has 0 aliphatic heterocycles. The van der Waals surface area contributed by atoms with Gasteiger partial charge < -0.3 is 0 Å². The molecule has 1 aromatic rings. The lowest BCUT2D eigenvalue weighted by molar-refractivity contribution is 0.0988. The van der Waals surface area contributed by atoms with Crippen molar-refractivity contribution in [3.05, 3.63) is 29.8 Å². The van der Waals surface area contributed by atoms with Crippen LogP contribution >= 0.6 is 0 Å². The third-order valence-corrected chi connectivity index (χ3v) is 5.02. The maximum atomic E-state index is 12.1. The number of sulfonamides is 1. The molecule has 5 heteroatoms. The van der Waals surface area contributed by atoms with E-state index >= 15 is 0 Å². The Labute approximate surface area is 120 Å². The Hall–Kier alpha value is -1.20. The fourth-order valence-electron chi connectivity index (χ4n) is 2.13. The Morgan fingerprint density at radius 3 is 2.75 bits per heavy atom. The van der Waals surface area contributed by atoms with Gasteiger partial charge in [-0.25, -0.2) is 13.1 Å². The molecule has 1 aromatic carbocycles. The van der Waals surface area contributed by atoms with Crippen molar-refractivity contribution in [2.24, 2.45) is 5.92 Å². The fraction of sp³-hybridized carbons (Fsp3) is 0.533. The summed E-state index contributed by atoms with van der Waals surface area (Å²) in [7, 11) is -3.50. The molecular weight excluding hydrogens is 274 g/mol. The van der Waals surface area contributed by atoms with Crippen LogP contribution in [0.15, 0.2) is 29.2 Å². The lowest BCUT2D eigenvalue weighted by Crippen LogP contribution is -2.25. The predicted octanol–water partition coefficient (Wildman–Crippen LogP) is 2.75. The summed E-state index contributed by atoms with van der Waals surface area (Å²) in [6, 6.07) is 6.24. The first-order chi connectivity index (χ1) is 9.53. The van der Waals surface area contributed by atoms with Crippen LogP contribution in [0.4, 0.5) is 0 Å². The molecule has 20 heavy (non-hydrogen) atoms. The Morgan fingerprint density at radius 1 is 1.35 bits per heavy atom. The SMILES string of the molecule is CCC(=O)c1cccc(S(=O)(=O)NCCCC2CC2)c1. The van der Waals surface area contributed by atoms with Crippen molar-refractivity contribution < 1.29 is 13.2 Å². The fourth-order valence-corrected chi connectivity index (χ4v) is 3.25. The van der Waals surface area contributed by atoms with Gasteiger partial charge in [-0.05, 0) is 30.9 Å². The lowest BCUT2D eigenvalue weighted by Gasteiger charge is -2.07. The highest BCUT2D eigenvalue weighted by Gasteiger charge is 2.21. The van der Waals surface area contributed by atoms with Gasteiger partial charge in [0.05, 0.1) is 4.90 Å². The maximum Gasteiger partial charge on any atom is 0.240 e. The van der Waals surface area contributed by atoms with Crippen molar-refractivity contribution in [2.45, 2.75) is 43.9 Å². The van der Waals surface area contributed by atoms with Gasteiger partial charge in [-0.2, -0.15) is 0 Å². The van der Waals surface area contributed by atoms with E-state index in [1.54, 1.807) is 19.1 Å². The van der Waals surface area contributed by atoms with Gasteiger partial charge in [0, 0.05) is 18.5 Å². The molecule has 1 N–H and O–H groups in total. The third-order valence-electron chi connectivity index (χ3n) is 3.57. The second-order valence-electron chi connectivity index (χ2n) is 5.29. The number of Topliss-reactive ketones (excluding diaryl/α,β-unsaturated/α-hetero) is 1. The van der Waals surface area contributed by atoms with Gasteiger partial charge >= 0.3 is 0 Å². The summed E-state index contributed by atoms with van der Waals surface area (Å²) < 4.78 is 26.9. The summed E-state index contributed by atoms with van der Waals surface area (Å²) in [4.78, 5) is 11.8. The van der Waals surface area contributed by atoms with Crippen molar-refractivity contribution in [1.29, 1.82) is 0 Å². The van der Waals surface area contributed by atoms with Gasteiger partial charge in [0.15, 0.2) is 5.78 Å². The minimum Gasteiger partial charge on any atom is -0.294 e. The van der Waals surface area contributed by atoms with E-state index in [-0.39, 0.29) is 10.7 Å². The normalized spacial score (nSPS) is 15.2. The summed E-state index contributed by atoms with van der Waals surface area (Å²) in [6.07, 6.45) is 4.91. The maximum absolute atomic E-state index is 12.1. The van der Waals surface area contributed by atoms with Crippen LogP contribution in [0.3, 0.4) is 0 Å². The standard InChI is InChI=1S/C15H21NO3S/c1-2-15(17)13-6-3-7-14(11-13)20(18,19)16-10-4-5-12-8-9-12/h3,6-7,11-12,16H,2,4-5,8-10H2,1H3. The minimum absolute atomic E-state index is 0.0456. The van der Waals surface area contributed by atoms with Crippen LogP contribution in [0, 0.1) is 5.92 Å². The predicted molar refractivity (Wildman–Crippen MR) is 78.2 cm³/mol. The molecule has 0 aromatic heterocycles. The van der Waals surface area contributed by atoms with Gasteiger partial charge in [-0.15, -0.1) is 0 Å². The highest BCUT2D eigenvalue weighted by molar-refractivity contribution is 7.89. The van der Waals surface area contributed by atoms with Gasteiger partial charge in [-0.3, -0.25) is 4.79 Å². The summed E-state index contributed by atoms with van der Waals surface area (Å²) in [5.74, 6) is 0.765. The average molecular weight is 295 g/mol. The Bertz CT molecular complexity index is 577. The van der Waals surface area contributed by atoms with Crippen molar-refractivity contribution in [1.82, 2.24) is 4.72 Å². The first-order valence-electron chi connectivity index (χ1n) is 7.16. The van der Waals surface area contributed by atoms with Crippen LogP contribution < -0.4 is 4.72 Å². The van der Waals surface area contributed by atoms with Crippen molar-refractivity contribution >= 4 is 15.8 Å². The first-order valence-corrected chi connectivity index (χ1v) is 8.64. The van der Waals surface area contributed by atoms with E-state index in [0.29, 0.717) is 18.5 Å². The van der Waals surface area contributed by atoms with Gasteiger partial charge in [0.25, 0.3) is 0 Å². The number of ketones is 1. The number of rotatable bonds is 8. The topological polar surface area (TPSA) is 63.2 Å². The Kier molecular flexibility index (Phi) is 4.94. The Morgan fingerprint density at radius 2 is 2.10 bits per heavy atom. The summed E-state index contributed by atoms with van der Waals surface area (Å²) >= 11 is 0.